The first kappa shape index (κ1) is 22.1. The summed E-state index contributed by atoms with van der Waals surface area (Å²) in [5.74, 6) is 0.693. The van der Waals surface area contributed by atoms with Crippen molar-refractivity contribution in [3.05, 3.63) is 63.4 Å². The summed E-state index contributed by atoms with van der Waals surface area (Å²) in [6.45, 7) is 1.15. The molecule has 0 amide bonds. The van der Waals surface area contributed by atoms with E-state index in [4.69, 9.17) is 25.8 Å². The Labute approximate surface area is 182 Å². The highest BCUT2D eigenvalue weighted by molar-refractivity contribution is 7.99. The van der Waals surface area contributed by atoms with Crippen molar-refractivity contribution in [3.8, 4) is 5.75 Å². The maximum atomic E-state index is 12.9. The van der Waals surface area contributed by atoms with Crippen molar-refractivity contribution in [3.63, 3.8) is 0 Å². The molecule has 30 heavy (non-hydrogen) atoms. The van der Waals surface area contributed by atoms with Gasteiger partial charge in [0.2, 0.25) is 0 Å². The van der Waals surface area contributed by atoms with Crippen LogP contribution in [0.2, 0.25) is 5.02 Å². The van der Waals surface area contributed by atoms with Crippen molar-refractivity contribution >= 4 is 40.2 Å². The number of hydrogen-bond acceptors (Lipinski definition) is 7. The standard InChI is InChI=1S/C21H21ClN2O5S/c1-27-9-8-24-19(25)17-7-6-15(22)13-18(17)23-21(24)30-11-10-29-16-5-3-4-14(12-16)20(26)28-2/h3-7,12-13H,8-11H2,1-2H3. The highest BCUT2D eigenvalue weighted by Crippen LogP contribution is 2.21. The third kappa shape index (κ3) is 5.33. The molecule has 0 spiro atoms. The molecule has 158 valence electrons. The lowest BCUT2D eigenvalue weighted by Crippen LogP contribution is -2.25. The Morgan fingerprint density at radius 3 is 2.77 bits per heavy atom. The van der Waals surface area contributed by atoms with Gasteiger partial charge < -0.3 is 14.2 Å². The molecule has 0 aliphatic carbocycles. The monoisotopic (exact) mass is 448 g/mol. The third-order valence-corrected chi connectivity index (χ3v) is 5.42. The lowest BCUT2D eigenvalue weighted by atomic mass is 10.2. The van der Waals surface area contributed by atoms with Crippen molar-refractivity contribution in [2.75, 3.05) is 33.2 Å². The van der Waals surface area contributed by atoms with Crippen LogP contribution in [0.25, 0.3) is 10.9 Å². The number of rotatable bonds is 9. The van der Waals surface area contributed by atoms with E-state index in [0.29, 0.717) is 57.9 Å². The molecule has 0 aliphatic heterocycles. The minimum atomic E-state index is -0.420. The number of halogens is 1. The maximum absolute atomic E-state index is 12.9. The van der Waals surface area contributed by atoms with E-state index >= 15 is 0 Å². The minimum Gasteiger partial charge on any atom is -0.493 e. The SMILES string of the molecule is COCCn1c(SCCOc2cccc(C(=O)OC)c2)nc2cc(Cl)ccc2c1=O. The van der Waals surface area contributed by atoms with Gasteiger partial charge in [0.05, 0.1) is 43.3 Å². The maximum Gasteiger partial charge on any atom is 0.337 e. The number of benzene rings is 2. The average molecular weight is 449 g/mol. The van der Waals surface area contributed by atoms with Gasteiger partial charge in [-0.1, -0.05) is 29.4 Å². The lowest BCUT2D eigenvalue weighted by molar-refractivity contribution is 0.0600. The second-order valence-electron chi connectivity index (χ2n) is 6.22. The number of thioether (sulfide) groups is 1. The zero-order chi connectivity index (χ0) is 21.5. The van der Waals surface area contributed by atoms with Gasteiger partial charge in [0.1, 0.15) is 5.75 Å². The number of ether oxygens (including phenoxy) is 3. The molecule has 3 rings (SSSR count). The van der Waals surface area contributed by atoms with Crippen molar-refractivity contribution in [1.29, 1.82) is 0 Å². The minimum absolute atomic E-state index is 0.136. The number of fused-ring (bicyclic) bond motifs is 1. The van der Waals surface area contributed by atoms with Crippen LogP contribution in [0.4, 0.5) is 0 Å². The molecule has 2 aromatic carbocycles. The van der Waals surface area contributed by atoms with Crippen LogP contribution < -0.4 is 10.3 Å². The number of esters is 1. The summed E-state index contributed by atoms with van der Waals surface area (Å²) in [6, 6.07) is 11.8. The first-order valence-corrected chi connectivity index (χ1v) is 10.5. The first-order chi connectivity index (χ1) is 14.5. The predicted octanol–water partition coefficient (Wildman–Crippen LogP) is 3.65. The highest BCUT2D eigenvalue weighted by atomic mass is 35.5. The Hall–Kier alpha value is -2.55. The van der Waals surface area contributed by atoms with Crippen LogP contribution in [-0.4, -0.2) is 48.7 Å². The molecule has 0 saturated heterocycles. The molecule has 0 radical (unpaired) electrons. The molecule has 0 saturated carbocycles. The summed E-state index contributed by atoms with van der Waals surface area (Å²) in [5, 5.41) is 1.60. The van der Waals surface area contributed by atoms with Crippen LogP contribution in [0.5, 0.6) is 5.75 Å². The van der Waals surface area contributed by atoms with E-state index in [9.17, 15) is 9.59 Å². The topological polar surface area (TPSA) is 79.7 Å². The fourth-order valence-corrected chi connectivity index (χ4v) is 3.80. The fraction of sp³-hybridized carbons (Fsp3) is 0.286. The summed E-state index contributed by atoms with van der Waals surface area (Å²) in [6.07, 6.45) is 0. The zero-order valence-electron chi connectivity index (χ0n) is 16.6. The number of carbonyl (C=O) groups is 1. The quantitative estimate of drug-likeness (QED) is 0.214. The van der Waals surface area contributed by atoms with Crippen LogP contribution >= 0.6 is 23.4 Å². The van der Waals surface area contributed by atoms with E-state index in [1.807, 2.05) is 0 Å². The third-order valence-electron chi connectivity index (χ3n) is 4.24. The van der Waals surface area contributed by atoms with Gasteiger partial charge in [0.25, 0.3) is 5.56 Å². The molecular formula is C21H21ClN2O5S. The Morgan fingerprint density at radius 1 is 1.17 bits per heavy atom. The second kappa shape index (κ2) is 10.5. The number of carbonyl (C=O) groups excluding carboxylic acids is 1. The molecule has 0 N–H and O–H groups in total. The zero-order valence-corrected chi connectivity index (χ0v) is 18.2. The second-order valence-corrected chi connectivity index (χ2v) is 7.72. The predicted molar refractivity (Wildman–Crippen MR) is 117 cm³/mol. The van der Waals surface area contributed by atoms with Crippen molar-refractivity contribution < 1.29 is 19.0 Å². The summed E-state index contributed by atoms with van der Waals surface area (Å²) in [5.41, 5.74) is 0.836. The van der Waals surface area contributed by atoms with Crippen LogP contribution in [-0.2, 0) is 16.0 Å². The van der Waals surface area contributed by atoms with Crippen LogP contribution in [0, 0.1) is 0 Å². The molecule has 0 fully saturated rings. The van der Waals surface area contributed by atoms with Gasteiger partial charge in [-0.3, -0.25) is 9.36 Å². The molecule has 0 unspecified atom stereocenters. The number of methoxy groups -OCH3 is 2. The van der Waals surface area contributed by atoms with Gasteiger partial charge in [-0.25, -0.2) is 9.78 Å². The summed E-state index contributed by atoms with van der Waals surface area (Å²) in [7, 11) is 2.92. The molecular weight excluding hydrogens is 428 g/mol. The summed E-state index contributed by atoms with van der Waals surface area (Å²) < 4.78 is 17.2. The van der Waals surface area contributed by atoms with Crippen molar-refractivity contribution in [2.24, 2.45) is 0 Å². The van der Waals surface area contributed by atoms with E-state index in [1.165, 1.54) is 18.9 Å². The van der Waals surface area contributed by atoms with Crippen molar-refractivity contribution in [1.82, 2.24) is 9.55 Å². The molecule has 0 aliphatic rings. The highest BCUT2D eigenvalue weighted by Gasteiger charge is 2.12. The summed E-state index contributed by atoms with van der Waals surface area (Å²) in [4.78, 5) is 29.1. The van der Waals surface area contributed by atoms with E-state index < -0.39 is 5.97 Å². The molecule has 1 aromatic heterocycles. The lowest BCUT2D eigenvalue weighted by Gasteiger charge is -2.13. The average Bonchev–Trinajstić information content (AvgIpc) is 2.75. The van der Waals surface area contributed by atoms with Gasteiger partial charge in [-0.05, 0) is 36.4 Å². The summed E-state index contributed by atoms with van der Waals surface area (Å²) >= 11 is 7.46. The molecule has 1 heterocycles. The molecule has 9 heteroatoms. The van der Waals surface area contributed by atoms with Gasteiger partial charge in [0, 0.05) is 17.9 Å². The number of aromatic nitrogens is 2. The van der Waals surface area contributed by atoms with Crippen LogP contribution in [0.15, 0.2) is 52.4 Å². The molecule has 0 atom stereocenters. The van der Waals surface area contributed by atoms with E-state index in [1.54, 1.807) is 54.1 Å². The van der Waals surface area contributed by atoms with Gasteiger partial charge >= 0.3 is 5.97 Å². The molecule has 3 aromatic rings. The van der Waals surface area contributed by atoms with Crippen LogP contribution in [0.1, 0.15) is 10.4 Å². The van der Waals surface area contributed by atoms with Gasteiger partial charge in [-0.15, -0.1) is 0 Å². The smallest absolute Gasteiger partial charge is 0.337 e. The largest absolute Gasteiger partial charge is 0.493 e. The molecule has 0 bridgehead atoms. The fourth-order valence-electron chi connectivity index (χ4n) is 2.79. The van der Waals surface area contributed by atoms with E-state index in [2.05, 4.69) is 4.98 Å². The Balaban J connectivity index is 1.73. The Kier molecular flexibility index (Phi) is 7.73. The molecule has 7 nitrogen and oxygen atoms in total. The number of nitrogens with zero attached hydrogens (tertiary/aromatic N) is 2. The van der Waals surface area contributed by atoms with Crippen LogP contribution in [0.3, 0.4) is 0 Å². The van der Waals surface area contributed by atoms with Crippen molar-refractivity contribution in [2.45, 2.75) is 11.7 Å². The first-order valence-electron chi connectivity index (χ1n) is 9.16. The van der Waals surface area contributed by atoms with E-state index in [0.717, 1.165) is 0 Å². The van der Waals surface area contributed by atoms with E-state index in [-0.39, 0.29) is 5.56 Å². The van der Waals surface area contributed by atoms with Gasteiger partial charge in [0.15, 0.2) is 5.16 Å². The Morgan fingerprint density at radius 2 is 2.00 bits per heavy atom. The number of hydrogen-bond donors (Lipinski definition) is 0. The van der Waals surface area contributed by atoms with Gasteiger partial charge in [-0.2, -0.15) is 0 Å². The Bertz CT molecular complexity index is 1100. The normalized spacial score (nSPS) is 10.9.